The number of piperidine rings is 1. The minimum absolute atomic E-state index is 0.102. The molecule has 2 nitrogen and oxygen atoms in total. The molecule has 0 radical (unpaired) electrons. The van der Waals surface area contributed by atoms with Crippen LogP contribution in [0, 0.1) is 11.8 Å². The molecular weight excluding hydrogens is 252 g/mol. The average Bonchev–Trinajstić information content (AvgIpc) is 2.38. The fourth-order valence-electron chi connectivity index (χ4n) is 2.44. The van der Waals surface area contributed by atoms with E-state index in [1.54, 1.807) is 0 Å². The minimum atomic E-state index is 0.102. The Morgan fingerprint density at radius 3 is 2.32 bits per heavy atom. The van der Waals surface area contributed by atoms with E-state index in [0.29, 0.717) is 5.92 Å². The van der Waals surface area contributed by atoms with Crippen LogP contribution >= 0.6 is 11.8 Å². The lowest BCUT2D eigenvalue weighted by Gasteiger charge is -2.34. The van der Waals surface area contributed by atoms with Crippen molar-refractivity contribution in [1.82, 2.24) is 4.90 Å². The van der Waals surface area contributed by atoms with Crippen LogP contribution in [0.1, 0.15) is 33.6 Å². The Balaban J connectivity index is 2.20. The Morgan fingerprint density at radius 2 is 1.84 bits per heavy atom. The van der Waals surface area contributed by atoms with Crippen molar-refractivity contribution < 1.29 is 0 Å². The monoisotopic (exact) mass is 282 g/mol. The number of thioether (sulfide) groups is 1. The summed E-state index contributed by atoms with van der Waals surface area (Å²) >= 11 is 1.81. The molecule has 1 saturated heterocycles. The van der Waals surface area contributed by atoms with Gasteiger partial charge in [0.2, 0.25) is 0 Å². The molecular formula is C16H30N2S. The van der Waals surface area contributed by atoms with Gasteiger partial charge >= 0.3 is 0 Å². The number of nitrogens with zero attached hydrogens (tertiary/aromatic N) is 1. The molecule has 0 amide bonds. The second kappa shape index (κ2) is 8.13. The van der Waals surface area contributed by atoms with Gasteiger partial charge in [0.15, 0.2) is 0 Å². The third kappa shape index (κ3) is 5.72. The van der Waals surface area contributed by atoms with Crippen LogP contribution in [0.15, 0.2) is 23.6 Å². The summed E-state index contributed by atoms with van der Waals surface area (Å²) in [7, 11) is 0. The molecule has 1 unspecified atom stereocenters. The number of nitrogens with two attached hydrogens (primary N) is 1. The molecule has 0 aromatic heterocycles. The molecule has 0 spiro atoms. The number of allylic oxidation sites excluding steroid dienone is 1. The van der Waals surface area contributed by atoms with Gasteiger partial charge in [-0.15, -0.1) is 11.8 Å². The van der Waals surface area contributed by atoms with Crippen molar-refractivity contribution in [1.29, 1.82) is 0 Å². The Labute approximate surface area is 123 Å². The highest BCUT2D eigenvalue weighted by atomic mass is 32.2. The van der Waals surface area contributed by atoms with Crippen LogP contribution in [-0.4, -0.2) is 36.3 Å². The van der Waals surface area contributed by atoms with E-state index in [2.05, 4.69) is 31.9 Å². The summed E-state index contributed by atoms with van der Waals surface area (Å²) in [5.74, 6) is 2.47. The third-order valence-corrected chi connectivity index (χ3v) is 5.19. The Hall–Kier alpha value is -0.250. The lowest BCUT2D eigenvalue weighted by molar-refractivity contribution is 0.205. The second-order valence-electron chi connectivity index (χ2n) is 5.95. The van der Waals surface area contributed by atoms with Gasteiger partial charge in [0.25, 0.3) is 0 Å². The van der Waals surface area contributed by atoms with E-state index < -0.39 is 0 Å². The standard InChI is InChI=1S/C16H30N2S/c1-12(2)13(3)16-6-8-18(9-7-16)10-11-19-15(5)14(4)17/h12,14,16H,3,5-11,17H2,1-2,4H3. The second-order valence-corrected chi connectivity index (χ2v) is 7.17. The highest BCUT2D eigenvalue weighted by molar-refractivity contribution is 8.03. The van der Waals surface area contributed by atoms with Crippen LogP contribution in [0.2, 0.25) is 0 Å². The van der Waals surface area contributed by atoms with Gasteiger partial charge in [-0.2, -0.15) is 0 Å². The molecule has 1 fully saturated rings. The maximum absolute atomic E-state index is 5.79. The Bertz CT molecular complexity index is 299. The van der Waals surface area contributed by atoms with Crippen LogP contribution in [0.5, 0.6) is 0 Å². The average molecular weight is 282 g/mol. The van der Waals surface area contributed by atoms with Gasteiger partial charge in [-0.1, -0.05) is 32.6 Å². The maximum atomic E-state index is 5.79. The minimum Gasteiger partial charge on any atom is -0.324 e. The molecule has 1 rings (SSSR count). The molecule has 0 bridgehead atoms. The van der Waals surface area contributed by atoms with Gasteiger partial charge in [-0.05, 0) is 49.6 Å². The van der Waals surface area contributed by atoms with Crippen molar-refractivity contribution in [3.63, 3.8) is 0 Å². The van der Waals surface area contributed by atoms with E-state index >= 15 is 0 Å². The molecule has 2 N–H and O–H groups in total. The van der Waals surface area contributed by atoms with Crippen molar-refractivity contribution in [2.75, 3.05) is 25.4 Å². The van der Waals surface area contributed by atoms with Crippen molar-refractivity contribution in [3.8, 4) is 0 Å². The van der Waals surface area contributed by atoms with Gasteiger partial charge in [0, 0.05) is 18.3 Å². The number of hydrogen-bond donors (Lipinski definition) is 1. The van der Waals surface area contributed by atoms with Gasteiger partial charge < -0.3 is 10.6 Å². The fraction of sp³-hybridized carbons (Fsp3) is 0.750. The van der Waals surface area contributed by atoms with Gasteiger partial charge in [0.05, 0.1) is 0 Å². The fourth-order valence-corrected chi connectivity index (χ4v) is 3.31. The molecule has 19 heavy (non-hydrogen) atoms. The third-order valence-electron chi connectivity index (χ3n) is 4.06. The van der Waals surface area contributed by atoms with Gasteiger partial charge in [-0.3, -0.25) is 0 Å². The molecule has 1 heterocycles. The first-order valence-electron chi connectivity index (χ1n) is 7.40. The number of rotatable bonds is 7. The van der Waals surface area contributed by atoms with E-state index in [-0.39, 0.29) is 6.04 Å². The highest BCUT2D eigenvalue weighted by Gasteiger charge is 2.22. The summed E-state index contributed by atoms with van der Waals surface area (Å²) in [5.41, 5.74) is 7.24. The predicted octanol–water partition coefficient (Wildman–Crippen LogP) is 3.50. The highest BCUT2D eigenvalue weighted by Crippen LogP contribution is 2.28. The summed E-state index contributed by atoms with van der Waals surface area (Å²) in [5, 5.41) is 0. The first kappa shape index (κ1) is 16.8. The zero-order valence-corrected chi connectivity index (χ0v) is 13.6. The lowest BCUT2D eigenvalue weighted by atomic mass is 9.84. The van der Waals surface area contributed by atoms with Crippen molar-refractivity contribution >= 4 is 11.8 Å². The SMILES string of the molecule is C=C(SCCN1CCC(C(=C)C(C)C)CC1)C(C)N. The Morgan fingerprint density at radius 1 is 1.26 bits per heavy atom. The quantitative estimate of drug-likeness (QED) is 0.725. The smallest absolute Gasteiger partial charge is 0.0320 e. The van der Waals surface area contributed by atoms with E-state index in [4.69, 9.17) is 5.73 Å². The summed E-state index contributed by atoms with van der Waals surface area (Å²) in [4.78, 5) is 3.66. The van der Waals surface area contributed by atoms with E-state index in [1.165, 1.54) is 31.5 Å². The number of likely N-dealkylation sites (tertiary alicyclic amines) is 1. The molecule has 1 aliphatic rings. The molecule has 1 atom stereocenters. The molecule has 1 aliphatic heterocycles. The van der Waals surface area contributed by atoms with Crippen molar-refractivity contribution in [2.24, 2.45) is 17.6 Å². The molecule has 110 valence electrons. The topological polar surface area (TPSA) is 29.3 Å². The summed E-state index contributed by atoms with van der Waals surface area (Å²) in [6.45, 7) is 18.3. The van der Waals surface area contributed by atoms with E-state index in [9.17, 15) is 0 Å². The molecule has 0 saturated carbocycles. The lowest BCUT2D eigenvalue weighted by Crippen LogP contribution is -2.36. The van der Waals surface area contributed by atoms with Gasteiger partial charge in [-0.25, -0.2) is 0 Å². The van der Waals surface area contributed by atoms with E-state index in [0.717, 1.165) is 23.1 Å². The van der Waals surface area contributed by atoms with E-state index in [1.807, 2.05) is 18.7 Å². The summed E-state index contributed by atoms with van der Waals surface area (Å²) in [6.07, 6.45) is 2.55. The normalized spacial score (nSPS) is 19.6. The largest absolute Gasteiger partial charge is 0.324 e. The van der Waals surface area contributed by atoms with Crippen LogP contribution in [0.25, 0.3) is 0 Å². The van der Waals surface area contributed by atoms with Crippen LogP contribution < -0.4 is 5.73 Å². The van der Waals surface area contributed by atoms with Crippen LogP contribution in [-0.2, 0) is 0 Å². The predicted molar refractivity (Wildman–Crippen MR) is 88.4 cm³/mol. The van der Waals surface area contributed by atoms with Crippen molar-refractivity contribution in [3.05, 3.63) is 23.6 Å². The first-order chi connectivity index (χ1) is 8.91. The Kier molecular flexibility index (Phi) is 7.19. The number of hydrogen-bond acceptors (Lipinski definition) is 3. The summed E-state index contributed by atoms with van der Waals surface area (Å²) < 4.78 is 0. The zero-order chi connectivity index (χ0) is 14.4. The van der Waals surface area contributed by atoms with Crippen LogP contribution in [0.3, 0.4) is 0 Å². The maximum Gasteiger partial charge on any atom is 0.0320 e. The first-order valence-corrected chi connectivity index (χ1v) is 8.38. The molecule has 0 aromatic rings. The molecule has 0 aliphatic carbocycles. The summed E-state index contributed by atoms with van der Waals surface area (Å²) in [6, 6.07) is 0.102. The van der Waals surface area contributed by atoms with Gasteiger partial charge in [0.1, 0.15) is 0 Å². The zero-order valence-electron chi connectivity index (χ0n) is 12.8. The molecule has 0 aromatic carbocycles. The van der Waals surface area contributed by atoms with Crippen LogP contribution in [0.4, 0.5) is 0 Å². The molecule has 3 heteroatoms. The van der Waals surface area contributed by atoms with Crippen molar-refractivity contribution in [2.45, 2.75) is 39.7 Å².